The Morgan fingerprint density at radius 3 is 2.42 bits per heavy atom. The quantitative estimate of drug-likeness (QED) is 0.458. The van der Waals surface area contributed by atoms with Gasteiger partial charge in [-0.3, -0.25) is 4.57 Å². The molecule has 2 aromatic carbocycles. The summed E-state index contributed by atoms with van der Waals surface area (Å²) in [5, 5.41) is 9.20. The summed E-state index contributed by atoms with van der Waals surface area (Å²) in [5.74, 6) is 0.0248. The largest absolute Gasteiger partial charge is 0.372 e. The van der Waals surface area contributed by atoms with Crippen LogP contribution in [0, 0.1) is 17.1 Å². The molecular formula is C28H28FN7. The summed E-state index contributed by atoms with van der Waals surface area (Å²) in [6.07, 6.45) is 6.28. The Morgan fingerprint density at radius 1 is 0.944 bits per heavy atom. The number of anilines is 2. The van der Waals surface area contributed by atoms with Crippen LogP contribution in [-0.2, 0) is 0 Å². The van der Waals surface area contributed by atoms with E-state index in [1.54, 1.807) is 12.3 Å². The molecule has 0 bridgehead atoms. The predicted molar refractivity (Wildman–Crippen MR) is 140 cm³/mol. The number of rotatable bonds is 4. The van der Waals surface area contributed by atoms with Gasteiger partial charge >= 0.3 is 0 Å². The molecule has 0 aliphatic carbocycles. The Hall–Kier alpha value is -3.96. The van der Waals surface area contributed by atoms with E-state index in [9.17, 15) is 9.65 Å². The molecule has 8 heteroatoms. The first-order valence-electron chi connectivity index (χ1n) is 12.6. The van der Waals surface area contributed by atoms with Crippen LogP contribution in [0.25, 0.3) is 28.2 Å². The van der Waals surface area contributed by atoms with Crippen molar-refractivity contribution in [2.75, 3.05) is 36.0 Å². The third kappa shape index (κ3) is 3.95. The first-order chi connectivity index (χ1) is 17.6. The Morgan fingerprint density at radius 2 is 1.69 bits per heavy atom. The molecule has 7 nitrogen and oxygen atoms in total. The molecule has 2 aliphatic rings. The Balaban J connectivity index is 1.52. The molecule has 6 rings (SSSR count). The van der Waals surface area contributed by atoms with E-state index in [2.05, 4.69) is 34.1 Å². The summed E-state index contributed by atoms with van der Waals surface area (Å²) in [5.41, 5.74) is 11.4. The van der Waals surface area contributed by atoms with Gasteiger partial charge in [0.15, 0.2) is 5.65 Å². The molecule has 1 atom stereocenters. The molecule has 0 saturated carbocycles. The molecule has 4 aromatic rings. The van der Waals surface area contributed by atoms with Crippen molar-refractivity contribution >= 4 is 22.5 Å². The second-order valence-corrected chi connectivity index (χ2v) is 9.64. The summed E-state index contributed by atoms with van der Waals surface area (Å²) in [6, 6.07) is 17.0. The number of nitrogens with zero attached hydrogens (tertiary/aromatic N) is 6. The third-order valence-corrected chi connectivity index (χ3v) is 7.25. The maximum atomic E-state index is 14.7. The van der Waals surface area contributed by atoms with E-state index in [1.807, 2.05) is 16.7 Å². The molecule has 0 amide bonds. The van der Waals surface area contributed by atoms with Crippen molar-refractivity contribution in [2.45, 2.75) is 31.7 Å². The van der Waals surface area contributed by atoms with Gasteiger partial charge in [0.1, 0.15) is 23.2 Å². The van der Waals surface area contributed by atoms with Crippen molar-refractivity contribution in [3.05, 3.63) is 66.1 Å². The summed E-state index contributed by atoms with van der Waals surface area (Å²) in [7, 11) is 0. The van der Waals surface area contributed by atoms with Crippen LogP contribution in [0.2, 0.25) is 0 Å². The van der Waals surface area contributed by atoms with Gasteiger partial charge in [-0.05, 0) is 74.2 Å². The number of nitrogens with two attached hydrogens (primary N) is 1. The predicted octanol–water partition coefficient (Wildman–Crippen LogP) is 4.63. The van der Waals surface area contributed by atoms with Crippen molar-refractivity contribution in [3.63, 3.8) is 0 Å². The lowest BCUT2D eigenvalue weighted by Gasteiger charge is -2.32. The normalized spacial score (nSPS) is 18.1. The van der Waals surface area contributed by atoms with Gasteiger partial charge in [0.2, 0.25) is 0 Å². The zero-order valence-electron chi connectivity index (χ0n) is 20.1. The molecule has 0 spiro atoms. The SMILES string of the molecule is N#Cc1ccc(-c2nc3c(N4CCCC(N)C4)ccnc3n2-c2ccc(N3CCCC3)cc2)cc1F. The molecule has 2 aliphatic heterocycles. The molecule has 4 heterocycles. The minimum atomic E-state index is -0.562. The fraction of sp³-hybridized carbons (Fsp3) is 0.321. The van der Waals surface area contributed by atoms with Crippen molar-refractivity contribution in [2.24, 2.45) is 5.73 Å². The Labute approximate surface area is 209 Å². The third-order valence-electron chi connectivity index (χ3n) is 7.25. The maximum Gasteiger partial charge on any atom is 0.167 e. The highest BCUT2D eigenvalue weighted by Crippen LogP contribution is 2.34. The number of benzene rings is 2. The number of pyridine rings is 1. The number of piperidine rings is 1. The van der Waals surface area contributed by atoms with E-state index in [4.69, 9.17) is 15.7 Å². The number of hydrogen-bond donors (Lipinski definition) is 1. The first-order valence-corrected chi connectivity index (χ1v) is 12.6. The van der Waals surface area contributed by atoms with Crippen LogP contribution >= 0.6 is 0 Å². The number of halogens is 1. The van der Waals surface area contributed by atoms with Crippen LogP contribution in [0.1, 0.15) is 31.2 Å². The lowest BCUT2D eigenvalue weighted by molar-refractivity contribution is 0.507. The lowest BCUT2D eigenvalue weighted by atomic mass is 10.1. The minimum absolute atomic E-state index is 0.0116. The Bertz CT molecular complexity index is 1450. The average Bonchev–Trinajstić information content (AvgIpc) is 3.57. The van der Waals surface area contributed by atoms with Gasteiger partial charge in [0.25, 0.3) is 0 Å². The lowest BCUT2D eigenvalue weighted by Crippen LogP contribution is -2.42. The summed E-state index contributed by atoms with van der Waals surface area (Å²) < 4.78 is 16.6. The monoisotopic (exact) mass is 481 g/mol. The fourth-order valence-electron chi connectivity index (χ4n) is 5.42. The molecule has 1 unspecified atom stereocenters. The fourth-order valence-corrected chi connectivity index (χ4v) is 5.42. The highest BCUT2D eigenvalue weighted by molar-refractivity contribution is 5.90. The first kappa shape index (κ1) is 22.5. The second kappa shape index (κ2) is 9.25. The van der Waals surface area contributed by atoms with Crippen LogP contribution in [-0.4, -0.2) is 46.8 Å². The smallest absolute Gasteiger partial charge is 0.167 e. The molecule has 36 heavy (non-hydrogen) atoms. The molecule has 2 aromatic heterocycles. The van der Waals surface area contributed by atoms with Crippen molar-refractivity contribution < 1.29 is 4.39 Å². The number of fused-ring (bicyclic) bond motifs is 1. The van der Waals surface area contributed by atoms with E-state index in [0.29, 0.717) is 17.0 Å². The highest BCUT2D eigenvalue weighted by Gasteiger charge is 2.24. The van der Waals surface area contributed by atoms with Crippen LogP contribution in [0.4, 0.5) is 15.8 Å². The molecule has 2 N–H and O–H groups in total. The van der Waals surface area contributed by atoms with Gasteiger partial charge in [-0.15, -0.1) is 0 Å². The van der Waals surface area contributed by atoms with Gasteiger partial charge in [0.05, 0.1) is 11.3 Å². The van der Waals surface area contributed by atoms with Crippen molar-refractivity contribution in [1.29, 1.82) is 5.26 Å². The van der Waals surface area contributed by atoms with E-state index >= 15 is 0 Å². The van der Waals surface area contributed by atoms with Crippen LogP contribution in [0.3, 0.4) is 0 Å². The number of nitriles is 1. The summed E-state index contributed by atoms with van der Waals surface area (Å²) in [4.78, 5) is 14.4. The minimum Gasteiger partial charge on any atom is -0.372 e. The Kier molecular flexibility index (Phi) is 5.78. The van der Waals surface area contributed by atoms with Crippen LogP contribution in [0.5, 0.6) is 0 Å². The maximum absolute atomic E-state index is 14.7. The van der Waals surface area contributed by atoms with Crippen molar-refractivity contribution in [3.8, 4) is 23.1 Å². The number of imidazole rings is 1. The van der Waals surface area contributed by atoms with E-state index in [0.717, 1.165) is 55.9 Å². The average molecular weight is 482 g/mol. The molecule has 182 valence electrons. The molecular weight excluding hydrogens is 453 g/mol. The summed E-state index contributed by atoms with van der Waals surface area (Å²) in [6.45, 7) is 3.82. The zero-order chi connectivity index (χ0) is 24.6. The number of hydrogen-bond acceptors (Lipinski definition) is 6. The van der Waals surface area contributed by atoms with Crippen LogP contribution in [0.15, 0.2) is 54.7 Å². The van der Waals surface area contributed by atoms with Gasteiger partial charge in [-0.2, -0.15) is 5.26 Å². The highest BCUT2D eigenvalue weighted by atomic mass is 19.1. The number of aromatic nitrogens is 3. The second-order valence-electron chi connectivity index (χ2n) is 9.64. The van der Waals surface area contributed by atoms with E-state index in [1.165, 1.54) is 30.7 Å². The standard InChI is InChI=1S/C28H28FN7/c29-24-16-19(5-6-20(24)17-30)27-33-26-25(35-15-3-4-21(31)18-35)11-12-32-28(26)36(27)23-9-7-22(8-10-23)34-13-1-2-14-34/h5-12,16,21H,1-4,13-15,18,31H2. The van der Waals surface area contributed by atoms with Crippen molar-refractivity contribution in [1.82, 2.24) is 14.5 Å². The van der Waals surface area contributed by atoms with Gasteiger partial charge in [-0.25, -0.2) is 14.4 Å². The molecule has 2 fully saturated rings. The molecule has 0 radical (unpaired) electrons. The van der Waals surface area contributed by atoms with Gasteiger partial charge in [0, 0.05) is 55.4 Å². The van der Waals surface area contributed by atoms with Crippen LogP contribution < -0.4 is 15.5 Å². The van der Waals surface area contributed by atoms with E-state index in [-0.39, 0.29) is 11.6 Å². The summed E-state index contributed by atoms with van der Waals surface area (Å²) >= 11 is 0. The topological polar surface area (TPSA) is 87.0 Å². The van der Waals surface area contributed by atoms with Gasteiger partial charge < -0.3 is 15.5 Å². The zero-order valence-corrected chi connectivity index (χ0v) is 20.1. The van der Waals surface area contributed by atoms with Gasteiger partial charge in [-0.1, -0.05) is 0 Å². The van der Waals surface area contributed by atoms with E-state index < -0.39 is 5.82 Å². The molecule has 2 saturated heterocycles.